The molecule has 8 nitrogen and oxygen atoms in total. The van der Waals surface area contributed by atoms with Crippen LogP contribution in [0.5, 0.6) is 0 Å². The van der Waals surface area contributed by atoms with Crippen LogP contribution >= 0.6 is 0 Å². The van der Waals surface area contributed by atoms with Crippen LogP contribution < -0.4 is 5.56 Å². The van der Waals surface area contributed by atoms with Crippen molar-refractivity contribution in [2.45, 2.75) is 6.04 Å². The summed E-state index contributed by atoms with van der Waals surface area (Å²) in [6.45, 7) is 1.40. The molecule has 0 saturated carbocycles. The van der Waals surface area contributed by atoms with Crippen molar-refractivity contribution in [2.75, 3.05) is 33.7 Å². The van der Waals surface area contributed by atoms with E-state index in [9.17, 15) is 18.8 Å². The summed E-state index contributed by atoms with van der Waals surface area (Å²) in [5.74, 6) is -0.544. The molecule has 0 bridgehead atoms. The molecule has 2 fully saturated rings. The number of fused-ring (bicyclic) bond motifs is 1. The van der Waals surface area contributed by atoms with Crippen LogP contribution in [0.15, 0.2) is 41.5 Å². The number of H-pyrrole nitrogens is 1. The van der Waals surface area contributed by atoms with E-state index >= 15 is 0 Å². The van der Waals surface area contributed by atoms with Crippen LogP contribution in [-0.4, -0.2) is 70.3 Å². The maximum atomic E-state index is 13.9. The maximum absolute atomic E-state index is 13.9. The number of nitrogens with zero attached hydrogens (tertiary/aromatic N) is 4. The van der Waals surface area contributed by atoms with Crippen molar-refractivity contribution in [3.63, 3.8) is 0 Å². The minimum absolute atomic E-state index is 0.00703. The minimum Gasteiger partial charge on any atom is -0.337 e. The molecule has 2 aliphatic rings. The van der Waals surface area contributed by atoms with E-state index in [0.717, 1.165) is 11.8 Å². The molecule has 1 aromatic heterocycles. The van der Waals surface area contributed by atoms with Gasteiger partial charge in [0, 0.05) is 51.8 Å². The molecule has 3 heterocycles. The second-order valence-corrected chi connectivity index (χ2v) is 7.76. The number of amides is 3. The van der Waals surface area contributed by atoms with E-state index in [1.807, 2.05) is 6.07 Å². The first-order valence-corrected chi connectivity index (χ1v) is 9.42. The monoisotopic (exact) mass is 399 g/mol. The highest BCUT2D eigenvalue weighted by Crippen LogP contribution is 2.45. The average Bonchev–Trinajstić information content (AvgIpc) is 3.25. The largest absolute Gasteiger partial charge is 0.337 e. The average molecular weight is 399 g/mol. The quantitative estimate of drug-likeness (QED) is 0.825. The molecule has 152 valence electrons. The van der Waals surface area contributed by atoms with E-state index in [1.54, 1.807) is 30.0 Å². The molecule has 9 heteroatoms. The minimum atomic E-state index is -0.371. The van der Waals surface area contributed by atoms with Gasteiger partial charge in [0.2, 0.25) is 0 Å². The molecule has 29 heavy (non-hydrogen) atoms. The van der Waals surface area contributed by atoms with E-state index in [2.05, 4.69) is 9.97 Å². The third-order valence-electron chi connectivity index (χ3n) is 5.66. The van der Waals surface area contributed by atoms with Gasteiger partial charge in [-0.15, -0.1) is 0 Å². The van der Waals surface area contributed by atoms with Gasteiger partial charge in [0.1, 0.15) is 11.5 Å². The summed E-state index contributed by atoms with van der Waals surface area (Å²) in [6.07, 6.45) is 2.39. The fourth-order valence-electron chi connectivity index (χ4n) is 4.40. The number of rotatable bonds is 2. The van der Waals surface area contributed by atoms with Gasteiger partial charge in [-0.25, -0.2) is 14.2 Å². The first-order valence-electron chi connectivity index (χ1n) is 9.42. The van der Waals surface area contributed by atoms with Crippen LogP contribution in [-0.2, 0) is 0 Å². The molecule has 3 amide bonds. The Morgan fingerprint density at radius 2 is 2.03 bits per heavy atom. The van der Waals surface area contributed by atoms with Crippen LogP contribution in [0.2, 0.25) is 0 Å². The Kier molecular flexibility index (Phi) is 4.81. The molecular formula is C20H22FN5O3. The molecular weight excluding hydrogens is 377 g/mol. The first-order chi connectivity index (χ1) is 13.8. The Morgan fingerprint density at radius 3 is 2.69 bits per heavy atom. The molecule has 2 aliphatic heterocycles. The number of carbonyl (C=O) groups excluding carboxylic acids is 2. The molecule has 0 radical (unpaired) electrons. The summed E-state index contributed by atoms with van der Waals surface area (Å²) in [5.41, 5.74) is 0.529. The highest BCUT2D eigenvalue weighted by molar-refractivity contribution is 5.92. The highest BCUT2D eigenvalue weighted by Gasteiger charge is 2.50. The molecule has 2 aromatic rings. The fraction of sp³-hybridized carbons (Fsp3) is 0.400. The normalized spacial score (nSPS) is 23.2. The van der Waals surface area contributed by atoms with E-state index < -0.39 is 0 Å². The number of aromatic amines is 1. The standard InChI is InChI=1S/C20H22FN5O3/c1-24(2)20(29)26-10-13-9-25(19(28)16-7-23-17(27)8-22-16)11-15(13)18(26)12-4-3-5-14(21)6-12/h3-8,13,15,18H,9-11H2,1-2H3,(H,23,27)/t13-,15-,18-/m1/s1. The third-order valence-corrected chi connectivity index (χ3v) is 5.66. The number of benzene rings is 1. The molecule has 0 aliphatic carbocycles. The summed E-state index contributed by atoms with van der Waals surface area (Å²) in [4.78, 5) is 48.1. The van der Waals surface area contributed by atoms with Crippen LogP contribution in [0.1, 0.15) is 22.1 Å². The second-order valence-electron chi connectivity index (χ2n) is 7.76. The van der Waals surface area contributed by atoms with E-state index in [-0.39, 0.29) is 46.9 Å². The van der Waals surface area contributed by atoms with Gasteiger partial charge in [0.15, 0.2) is 0 Å². The van der Waals surface area contributed by atoms with E-state index in [0.29, 0.717) is 19.6 Å². The summed E-state index contributed by atoms with van der Waals surface area (Å²) in [5, 5.41) is 0. The van der Waals surface area contributed by atoms with Crippen molar-refractivity contribution in [1.82, 2.24) is 24.7 Å². The number of nitrogens with one attached hydrogen (secondary N) is 1. The van der Waals surface area contributed by atoms with Gasteiger partial charge in [-0.2, -0.15) is 0 Å². The lowest BCUT2D eigenvalue weighted by Crippen LogP contribution is -2.42. The van der Waals surface area contributed by atoms with Crippen LogP contribution in [0.3, 0.4) is 0 Å². The Labute approximate surface area is 166 Å². The van der Waals surface area contributed by atoms with Gasteiger partial charge in [0.05, 0.1) is 12.2 Å². The number of hydrogen-bond acceptors (Lipinski definition) is 4. The lowest BCUT2D eigenvalue weighted by molar-refractivity contribution is 0.0760. The summed E-state index contributed by atoms with van der Waals surface area (Å²) in [6, 6.07) is 5.84. The Bertz CT molecular complexity index is 987. The van der Waals surface area contributed by atoms with Crippen molar-refractivity contribution in [3.05, 3.63) is 64.1 Å². The molecule has 2 saturated heterocycles. The topological polar surface area (TPSA) is 89.6 Å². The predicted molar refractivity (Wildman–Crippen MR) is 103 cm³/mol. The number of carbonyl (C=O) groups is 2. The highest BCUT2D eigenvalue weighted by atomic mass is 19.1. The van der Waals surface area contributed by atoms with Crippen LogP contribution in [0.4, 0.5) is 9.18 Å². The Morgan fingerprint density at radius 1 is 1.24 bits per heavy atom. The zero-order valence-corrected chi connectivity index (χ0v) is 16.2. The molecule has 0 unspecified atom stereocenters. The second kappa shape index (κ2) is 7.31. The van der Waals surface area contributed by atoms with Crippen molar-refractivity contribution in [2.24, 2.45) is 11.8 Å². The van der Waals surface area contributed by atoms with Crippen molar-refractivity contribution in [3.8, 4) is 0 Å². The lowest BCUT2D eigenvalue weighted by Gasteiger charge is -2.31. The number of hydrogen-bond donors (Lipinski definition) is 1. The molecule has 0 spiro atoms. The van der Waals surface area contributed by atoms with Crippen LogP contribution in [0.25, 0.3) is 0 Å². The van der Waals surface area contributed by atoms with Gasteiger partial charge in [0.25, 0.3) is 11.5 Å². The number of aromatic nitrogens is 2. The first kappa shape index (κ1) is 19.1. The molecule has 4 rings (SSSR count). The van der Waals surface area contributed by atoms with Crippen molar-refractivity contribution < 1.29 is 14.0 Å². The van der Waals surface area contributed by atoms with Crippen molar-refractivity contribution >= 4 is 11.9 Å². The van der Waals surface area contributed by atoms with E-state index in [1.165, 1.54) is 23.2 Å². The predicted octanol–water partition coefficient (Wildman–Crippen LogP) is 1.34. The van der Waals surface area contributed by atoms with Gasteiger partial charge in [-0.1, -0.05) is 12.1 Å². The summed E-state index contributed by atoms with van der Waals surface area (Å²) in [7, 11) is 3.38. The smallest absolute Gasteiger partial charge is 0.320 e. The van der Waals surface area contributed by atoms with Gasteiger partial charge >= 0.3 is 6.03 Å². The Balaban J connectivity index is 1.61. The van der Waals surface area contributed by atoms with Gasteiger partial charge in [-0.05, 0) is 17.7 Å². The van der Waals surface area contributed by atoms with E-state index in [4.69, 9.17) is 0 Å². The van der Waals surface area contributed by atoms with Crippen molar-refractivity contribution in [1.29, 1.82) is 0 Å². The Hall–Kier alpha value is -3.23. The maximum Gasteiger partial charge on any atom is 0.320 e. The fourth-order valence-corrected chi connectivity index (χ4v) is 4.40. The van der Waals surface area contributed by atoms with Gasteiger partial charge < -0.3 is 19.7 Å². The number of halogens is 1. The third kappa shape index (κ3) is 3.48. The zero-order chi connectivity index (χ0) is 20.7. The molecule has 3 atom stereocenters. The molecule has 1 N–H and O–H groups in total. The molecule has 1 aromatic carbocycles. The lowest BCUT2D eigenvalue weighted by atomic mass is 9.89. The van der Waals surface area contributed by atoms with Gasteiger partial charge in [-0.3, -0.25) is 9.59 Å². The SMILES string of the molecule is CN(C)C(=O)N1C[C@H]2CN(C(=O)c3c[nH]c(=O)cn3)C[C@H]2[C@H]1c1cccc(F)c1. The number of urea groups is 1. The summed E-state index contributed by atoms with van der Waals surface area (Å²) < 4.78 is 13.9. The van der Waals surface area contributed by atoms with Crippen LogP contribution in [0, 0.1) is 17.7 Å². The number of likely N-dealkylation sites (tertiary alicyclic amines) is 2. The zero-order valence-electron chi connectivity index (χ0n) is 16.2. The summed E-state index contributed by atoms with van der Waals surface area (Å²) >= 11 is 0.